The molecule has 3 rings (SSSR count). The summed E-state index contributed by atoms with van der Waals surface area (Å²) in [6.07, 6.45) is 4.11. The van der Waals surface area contributed by atoms with E-state index in [4.69, 9.17) is 0 Å². The summed E-state index contributed by atoms with van der Waals surface area (Å²) < 4.78 is 12.9. The molecule has 2 aromatic heterocycles. The Kier molecular flexibility index (Phi) is 4.73. The van der Waals surface area contributed by atoms with E-state index in [0.717, 1.165) is 16.3 Å². The van der Waals surface area contributed by atoms with Crippen LogP contribution in [0.5, 0.6) is 0 Å². The van der Waals surface area contributed by atoms with E-state index >= 15 is 0 Å². The molecular weight excluding hydrogens is 313 g/mol. The van der Waals surface area contributed by atoms with Gasteiger partial charge >= 0.3 is 0 Å². The van der Waals surface area contributed by atoms with Crippen molar-refractivity contribution in [2.24, 2.45) is 0 Å². The van der Waals surface area contributed by atoms with Crippen molar-refractivity contribution in [1.29, 1.82) is 0 Å². The lowest BCUT2D eigenvalue weighted by molar-refractivity contribution is -0.115. The van der Waals surface area contributed by atoms with Crippen LogP contribution in [-0.2, 0) is 17.6 Å². The van der Waals surface area contributed by atoms with Crippen LogP contribution in [0.2, 0.25) is 0 Å². The van der Waals surface area contributed by atoms with E-state index in [0.29, 0.717) is 12.1 Å². The zero-order valence-electron chi connectivity index (χ0n) is 12.2. The number of carbonyl (C=O) groups is 1. The number of nitrogens with zero attached hydrogens (tertiary/aromatic N) is 2. The number of amides is 1. The Morgan fingerprint density at radius 3 is 2.61 bits per heavy atom. The first kappa shape index (κ1) is 15.3. The van der Waals surface area contributed by atoms with Crippen LogP contribution in [0.3, 0.4) is 0 Å². The predicted octanol–water partition coefficient (Wildman–Crippen LogP) is 3.45. The molecule has 0 fully saturated rings. The summed E-state index contributed by atoms with van der Waals surface area (Å²) >= 11 is 1.50. The fourth-order valence-corrected chi connectivity index (χ4v) is 2.92. The molecule has 0 saturated heterocycles. The first-order valence-corrected chi connectivity index (χ1v) is 7.94. The van der Waals surface area contributed by atoms with Gasteiger partial charge in [-0.1, -0.05) is 12.1 Å². The van der Waals surface area contributed by atoms with Crippen molar-refractivity contribution >= 4 is 22.9 Å². The summed E-state index contributed by atoms with van der Waals surface area (Å²) in [7, 11) is 0. The van der Waals surface area contributed by atoms with Crippen molar-refractivity contribution in [2.75, 3.05) is 5.32 Å². The number of rotatable bonds is 5. The molecule has 0 aliphatic rings. The van der Waals surface area contributed by atoms with Gasteiger partial charge in [0, 0.05) is 29.9 Å². The van der Waals surface area contributed by atoms with Crippen molar-refractivity contribution in [3.8, 4) is 0 Å². The Balaban J connectivity index is 1.58. The number of aromatic nitrogens is 2. The maximum Gasteiger partial charge on any atom is 0.230 e. The Bertz CT molecular complexity index is 787. The highest BCUT2D eigenvalue weighted by Gasteiger charge is 2.09. The molecule has 0 saturated carbocycles. The second-order valence-corrected chi connectivity index (χ2v) is 5.94. The third-order valence-corrected chi connectivity index (χ3v) is 4.07. The van der Waals surface area contributed by atoms with E-state index in [1.165, 1.54) is 23.5 Å². The largest absolute Gasteiger partial charge is 0.326 e. The van der Waals surface area contributed by atoms with Crippen LogP contribution in [0.1, 0.15) is 16.3 Å². The van der Waals surface area contributed by atoms with Gasteiger partial charge < -0.3 is 5.32 Å². The predicted molar refractivity (Wildman–Crippen MR) is 87.9 cm³/mol. The maximum atomic E-state index is 12.9. The zero-order valence-corrected chi connectivity index (χ0v) is 13.0. The highest BCUT2D eigenvalue weighted by Crippen LogP contribution is 2.16. The van der Waals surface area contributed by atoms with Crippen molar-refractivity contribution in [3.05, 3.63) is 76.3 Å². The Morgan fingerprint density at radius 1 is 1.13 bits per heavy atom. The normalized spacial score (nSPS) is 10.5. The number of nitrogens with one attached hydrogen (secondary N) is 1. The Hall–Kier alpha value is -2.60. The van der Waals surface area contributed by atoms with Crippen molar-refractivity contribution in [1.82, 2.24) is 9.97 Å². The van der Waals surface area contributed by atoms with Gasteiger partial charge in [-0.05, 0) is 29.8 Å². The molecule has 0 aliphatic carbocycles. The second-order valence-electron chi connectivity index (χ2n) is 5.00. The summed E-state index contributed by atoms with van der Waals surface area (Å²) in [4.78, 5) is 20.3. The van der Waals surface area contributed by atoms with Crippen LogP contribution >= 0.6 is 11.3 Å². The van der Waals surface area contributed by atoms with Gasteiger partial charge in [-0.25, -0.2) is 9.37 Å². The first-order valence-electron chi connectivity index (χ1n) is 7.06. The van der Waals surface area contributed by atoms with Crippen molar-refractivity contribution in [3.63, 3.8) is 0 Å². The summed E-state index contributed by atoms with van der Waals surface area (Å²) in [5, 5.41) is 5.59. The van der Waals surface area contributed by atoms with Crippen LogP contribution in [0.25, 0.3) is 0 Å². The van der Waals surface area contributed by atoms with E-state index in [2.05, 4.69) is 15.3 Å². The Morgan fingerprint density at radius 2 is 1.87 bits per heavy atom. The lowest BCUT2D eigenvalue weighted by Crippen LogP contribution is -2.14. The number of halogens is 1. The van der Waals surface area contributed by atoms with Gasteiger partial charge in [0.15, 0.2) is 0 Å². The number of benzene rings is 1. The zero-order chi connectivity index (χ0) is 16.1. The fraction of sp³-hybridized carbons (Fsp3) is 0.118. The smallest absolute Gasteiger partial charge is 0.230 e. The lowest BCUT2D eigenvalue weighted by Gasteiger charge is -2.02. The molecule has 3 aromatic rings. The van der Waals surface area contributed by atoms with Crippen LogP contribution in [0, 0.1) is 5.82 Å². The molecule has 0 radical (unpaired) electrons. The van der Waals surface area contributed by atoms with E-state index < -0.39 is 0 Å². The molecule has 1 amide bonds. The summed E-state index contributed by atoms with van der Waals surface area (Å²) in [6.45, 7) is 0. The minimum absolute atomic E-state index is 0.116. The molecule has 6 heteroatoms. The number of pyridine rings is 1. The first-order chi connectivity index (χ1) is 11.2. The van der Waals surface area contributed by atoms with Crippen molar-refractivity contribution in [2.45, 2.75) is 12.8 Å². The van der Waals surface area contributed by atoms with Gasteiger partial charge in [0.05, 0.1) is 17.1 Å². The molecule has 2 heterocycles. The molecule has 116 valence electrons. The molecular formula is C17H14FN3OS. The Labute approximate surface area is 137 Å². The van der Waals surface area contributed by atoms with Gasteiger partial charge in [-0.3, -0.25) is 9.78 Å². The maximum absolute atomic E-state index is 12.9. The van der Waals surface area contributed by atoms with Gasteiger partial charge in [-0.15, -0.1) is 11.3 Å². The van der Waals surface area contributed by atoms with Gasteiger partial charge in [0.25, 0.3) is 0 Å². The number of carbonyl (C=O) groups excluding carboxylic acids is 1. The molecule has 0 unspecified atom stereocenters. The monoisotopic (exact) mass is 327 g/mol. The van der Waals surface area contributed by atoms with E-state index in [-0.39, 0.29) is 18.1 Å². The van der Waals surface area contributed by atoms with Crippen LogP contribution in [0.15, 0.2) is 54.2 Å². The molecule has 0 spiro atoms. The van der Waals surface area contributed by atoms with Crippen molar-refractivity contribution < 1.29 is 9.18 Å². The number of anilines is 1. The third-order valence-electron chi connectivity index (χ3n) is 3.17. The molecule has 0 atom stereocenters. The number of hydrogen-bond acceptors (Lipinski definition) is 4. The highest BCUT2D eigenvalue weighted by molar-refractivity contribution is 7.09. The average molecular weight is 327 g/mol. The average Bonchev–Trinajstić information content (AvgIpc) is 2.97. The summed E-state index contributed by atoms with van der Waals surface area (Å²) in [5.74, 6) is -0.365. The molecule has 0 aliphatic heterocycles. The SMILES string of the molecule is O=C(Cc1csc(Cc2ccc(F)cc2)n1)Nc1ccncc1. The summed E-state index contributed by atoms with van der Waals surface area (Å²) in [6, 6.07) is 9.83. The molecule has 23 heavy (non-hydrogen) atoms. The molecule has 1 aromatic carbocycles. The van der Waals surface area contributed by atoms with Crippen LogP contribution < -0.4 is 5.32 Å². The molecule has 0 bridgehead atoms. The molecule has 1 N–H and O–H groups in total. The number of hydrogen-bond donors (Lipinski definition) is 1. The quantitative estimate of drug-likeness (QED) is 0.781. The lowest BCUT2D eigenvalue weighted by atomic mass is 10.1. The van der Waals surface area contributed by atoms with Gasteiger partial charge in [-0.2, -0.15) is 0 Å². The topological polar surface area (TPSA) is 54.9 Å². The number of thiazole rings is 1. The fourth-order valence-electron chi connectivity index (χ4n) is 2.09. The van der Waals surface area contributed by atoms with Crippen LogP contribution in [-0.4, -0.2) is 15.9 Å². The van der Waals surface area contributed by atoms with Gasteiger partial charge in [0.1, 0.15) is 5.82 Å². The van der Waals surface area contributed by atoms with Gasteiger partial charge in [0.2, 0.25) is 5.91 Å². The van der Waals surface area contributed by atoms with E-state index in [1.807, 2.05) is 5.38 Å². The highest BCUT2D eigenvalue weighted by atomic mass is 32.1. The molecule has 4 nitrogen and oxygen atoms in total. The van der Waals surface area contributed by atoms with E-state index in [9.17, 15) is 9.18 Å². The summed E-state index contributed by atoms with van der Waals surface area (Å²) in [5.41, 5.74) is 2.44. The van der Waals surface area contributed by atoms with Crippen LogP contribution in [0.4, 0.5) is 10.1 Å². The standard InChI is InChI=1S/C17H14FN3OS/c18-13-3-1-12(2-4-13)9-17-21-15(11-23-17)10-16(22)20-14-5-7-19-8-6-14/h1-8,11H,9-10H2,(H,19,20,22). The minimum Gasteiger partial charge on any atom is -0.326 e. The third kappa shape index (κ3) is 4.43. The minimum atomic E-state index is -0.249. The van der Waals surface area contributed by atoms with E-state index in [1.54, 1.807) is 36.7 Å². The second kappa shape index (κ2) is 7.11.